The van der Waals surface area contributed by atoms with Crippen LogP contribution in [0.2, 0.25) is 0 Å². The molecule has 7 heteroatoms. The zero-order chi connectivity index (χ0) is 14.4. The quantitative estimate of drug-likeness (QED) is 0.831. The first kappa shape index (κ1) is 14.3. The van der Waals surface area contributed by atoms with Crippen molar-refractivity contribution in [1.29, 1.82) is 0 Å². The van der Waals surface area contributed by atoms with Crippen molar-refractivity contribution in [3.05, 3.63) is 24.3 Å². The van der Waals surface area contributed by atoms with E-state index in [2.05, 4.69) is 20.4 Å². The highest BCUT2D eigenvalue weighted by atomic mass is 16.5. The number of hydrogen-bond donors (Lipinski definition) is 1. The Morgan fingerprint density at radius 1 is 1.35 bits per heavy atom. The summed E-state index contributed by atoms with van der Waals surface area (Å²) in [5.74, 6) is 1.91. The zero-order valence-electron chi connectivity index (χ0n) is 12.0. The number of nitrogens with zero attached hydrogens (tertiary/aromatic N) is 4. The number of aromatic nitrogens is 4. The highest BCUT2D eigenvalue weighted by molar-refractivity contribution is 5.54. The number of hydrogen-bond acceptors (Lipinski definition) is 6. The molecule has 0 bridgehead atoms. The summed E-state index contributed by atoms with van der Waals surface area (Å²) in [5, 5.41) is 7.42. The zero-order valence-corrected chi connectivity index (χ0v) is 12.0. The third-order valence-electron chi connectivity index (χ3n) is 2.54. The fourth-order valence-corrected chi connectivity index (χ4v) is 1.71. The highest BCUT2D eigenvalue weighted by Gasteiger charge is 2.04. The normalized spacial score (nSPS) is 10.6. The molecule has 2 aromatic rings. The van der Waals surface area contributed by atoms with Crippen LogP contribution in [0, 0.1) is 6.92 Å². The van der Waals surface area contributed by atoms with Crippen LogP contribution in [0.4, 0.5) is 11.5 Å². The lowest BCUT2D eigenvalue weighted by atomic mass is 10.4. The number of aryl methyl sites for hydroxylation is 1. The molecular formula is C13H19N5O2. The van der Waals surface area contributed by atoms with Crippen molar-refractivity contribution >= 4 is 11.5 Å². The van der Waals surface area contributed by atoms with E-state index in [4.69, 9.17) is 9.47 Å². The van der Waals surface area contributed by atoms with Crippen LogP contribution in [-0.2, 0) is 11.3 Å². The molecule has 1 N–H and O–H groups in total. The third kappa shape index (κ3) is 3.92. The largest absolute Gasteiger partial charge is 0.478 e. The van der Waals surface area contributed by atoms with Gasteiger partial charge in [-0.25, -0.2) is 4.98 Å². The van der Waals surface area contributed by atoms with Gasteiger partial charge in [-0.05, 0) is 13.8 Å². The second-order valence-electron chi connectivity index (χ2n) is 4.18. The Hall–Kier alpha value is -2.15. The maximum absolute atomic E-state index is 5.39. The Kier molecular flexibility index (Phi) is 4.89. The van der Waals surface area contributed by atoms with E-state index in [1.54, 1.807) is 19.4 Å². The van der Waals surface area contributed by atoms with Crippen LogP contribution in [0.25, 0.3) is 0 Å². The average Bonchev–Trinajstić information content (AvgIpc) is 2.83. The van der Waals surface area contributed by atoms with Crippen LogP contribution < -0.4 is 10.1 Å². The van der Waals surface area contributed by atoms with Crippen LogP contribution in [0.15, 0.2) is 18.5 Å². The Bertz CT molecular complexity index is 555. The molecule has 0 saturated carbocycles. The van der Waals surface area contributed by atoms with E-state index in [0.717, 1.165) is 5.69 Å². The molecule has 0 saturated heterocycles. The summed E-state index contributed by atoms with van der Waals surface area (Å²) in [4.78, 5) is 8.52. The maximum atomic E-state index is 5.39. The molecule has 2 aromatic heterocycles. The first-order valence-corrected chi connectivity index (χ1v) is 6.48. The minimum absolute atomic E-state index is 0.564. The fourth-order valence-electron chi connectivity index (χ4n) is 1.71. The summed E-state index contributed by atoms with van der Waals surface area (Å²) < 4.78 is 12.2. The summed E-state index contributed by atoms with van der Waals surface area (Å²) in [6.45, 7) is 5.67. The van der Waals surface area contributed by atoms with Crippen LogP contribution in [0.5, 0.6) is 5.88 Å². The topological polar surface area (TPSA) is 74.1 Å². The average molecular weight is 277 g/mol. The van der Waals surface area contributed by atoms with E-state index in [1.165, 1.54) is 0 Å². The van der Waals surface area contributed by atoms with E-state index in [1.807, 2.05) is 24.7 Å². The number of ether oxygens (including phenoxy) is 2. The van der Waals surface area contributed by atoms with Crippen molar-refractivity contribution < 1.29 is 9.47 Å². The third-order valence-corrected chi connectivity index (χ3v) is 2.54. The molecular weight excluding hydrogens is 258 g/mol. The summed E-state index contributed by atoms with van der Waals surface area (Å²) in [6.07, 6.45) is 3.64. The molecule has 7 nitrogen and oxygen atoms in total. The molecule has 20 heavy (non-hydrogen) atoms. The van der Waals surface area contributed by atoms with Crippen molar-refractivity contribution in [3.63, 3.8) is 0 Å². The highest BCUT2D eigenvalue weighted by Crippen LogP contribution is 2.18. The maximum Gasteiger partial charge on any atom is 0.218 e. The molecule has 0 aliphatic rings. The van der Waals surface area contributed by atoms with E-state index in [-0.39, 0.29) is 0 Å². The van der Waals surface area contributed by atoms with Gasteiger partial charge in [-0.15, -0.1) is 0 Å². The van der Waals surface area contributed by atoms with Gasteiger partial charge in [-0.3, -0.25) is 4.68 Å². The van der Waals surface area contributed by atoms with Gasteiger partial charge in [0.05, 0.1) is 31.6 Å². The van der Waals surface area contributed by atoms with Crippen LogP contribution >= 0.6 is 0 Å². The van der Waals surface area contributed by atoms with Gasteiger partial charge < -0.3 is 14.8 Å². The van der Waals surface area contributed by atoms with Crippen molar-refractivity contribution in [2.24, 2.45) is 0 Å². The van der Waals surface area contributed by atoms with Gasteiger partial charge in [0.2, 0.25) is 5.88 Å². The molecule has 2 rings (SSSR count). The predicted octanol–water partition coefficient (Wildman–Crippen LogP) is 1.77. The summed E-state index contributed by atoms with van der Waals surface area (Å²) >= 11 is 0. The fraction of sp³-hybridized carbons (Fsp3) is 0.462. The monoisotopic (exact) mass is 277 g/mol. The molecule has 0 fully saturated rings. The van der Waals surface area contributed by atoms with Gasteiger partial charge in [-0.1, -0.05) is 0 Å². The molecule has 0 aliphatic carbocycles. The van der Waals surface area contributed by atoms with Crippen LogP contribution in [-0.4, -0.2) is 40.1 Å². The van der Waals surface area contributed by atoms with E-state index in [9.17, 15) is 0 Å². The molecule has 0 aliphatic heterocycles. The van der Waals surface area contributed by atoms with Gasteiger partial charge in [-0.2, -0.15) is 10.1 Å². The Morgan fingerprint density at radius 2 is 2.20 bits per heavy atom. The SMILES string of the molecule is CCOc1cc(Nc2cnn(CCOC)c2)nc(C)n1. The Labute approximate surface area is 118 Å². The van der Waals surface area contributed by atoms with E-state index < -0.39 is 0 Å². The Morgan fingerprint density at radius 3 is 2.95 bits per heavy atom. The van der Waals surface area contributed by atoms with Crippen molar-refractivity contribution in [2.45, 2.75) is 20.4 Å². The molecule has 0 amide bonds. The summed E-state index contributed by atoms with van der Waals surface area (Å²) in [6, 6.07) is 1.77. The van der Waals surface area contributed by atoms with Crippen molar-refractivity contribution in [3.8, 4) is 5.88 Å². The lowest BCUT2D eigenvalue weighted by Crippen LogP contribution is -2.04. The smallest absolute Gasteiger partial charge is 0.218 e. The lowest BCUT2D eigenvalue weighted by molar-refractivity contribution is 0.183. The molecule has 2 heterocycles. The van der Waals surface area contributed by atoms with Crippen LogP contribution in [0.1, 0.15) is 12.7 Å². The number of rotatable bonds is 7. The standard InChI is InChI=1S/C13H19N5O2/c1-4-20-13-7-12(15-10(2)16-13)17-11-8-14-18(9-11)5-6-19-3/h7-9H,4-6H2,1-3H3,(H,15,16,17). The summed E-state index contributed by atoms with van der Waals surface area (Å²) in [7, 11) is 1.67. The molecule has 0 spiro atoms. The van der Waals surface area contributed by atoms with E-state index >= 15 is 0 Å². The summed E-state index contributed by atoms with van der Waals surface area (Å²) in [5.41, 5.74) is 0.863. The van der Waals surface area contributed by atoms with Gasteiger partial charge in [0, 0.05) is 19.4 Å². The van der Waals surface area contributed by atoms with Crippen molar-refractivity contribution in [1.82, 2.24) is 19.7 Å². The molecule has 0 radical (unpaired) electrons. The minimum Gasteiger partial charge on any atom is -0.478 e. The molecule has 0 aromatic carbocycles. The molecule has 108 valence electrons. The number of anilines is 2. The van der Waals surface area contributed by atoms with E-state index in [0.29, 0.717) is 37.3 Å². The predicted molar refractivity (Wildman–Crippen MR) is 75.3 cm³/mol. The van der Waals surface area contributed by atoms with Crippen molar-refractivity contribution in [2.75, 3.05) is 25.6 Å². The first-order valence-electron chi connectivity index (χ1n) is 6.48. The van der Waals surface area contributed by atoms with Gasteiger partial charge in [0.15, 0.2) is 0 Å². The number of methoxy groups -OCH3 is 1. The number of nitrogens with one attached hydrogen (secondary N) is 1. The second-order valence-corrected chi connectivity index (χ2v) is 4.18. The van der Waals surface area contributed by atoms with Gasteiger partial charge >= 0.3 is 0 Å². The minimum atomic E-state index is 0.564. The van der Waals surface area contributed by atoms with Gasteiger partial charge in [0.25, 0.3) is 0 Å². The molecule has 0 atom stereocenters. The second kappa shape index (κ2) is 6.85. The first-order chi connectivity index (χ1) is 9.71. The molecule has 0 unspecified atom stereocenters. The van der Waals surface area contributed by atoms with Gasteiger partial charge in [0.1, 0.15) is 11.6 Å². The Balaban J connectivity index is 2.07. The lowest BCUT2D eigenvalue weighted by Gasteiger charge is -2.07. The van der Waals surface area contributed by atoms with Crippen LogP contribution in [0.3, 0.4) is 0 Å².